The highest BCUT2D eigenvalue weighted by atomic mass is 32.2. The fourth-order valence-electron chi connectivity index (χ4n) is 1.35. The lowest BCUT2D eigenvalue weighted by molar-refractivity contribution is 0.831. The molecule has 82 valence electrons. The Kier molecular flexibility index (Phi) is 3.02. The highest BCUT2D eigenvalue weighted by Crippen LogP contribution is 2.29. The molecule has 0 spiro atoms. The van der Waals surface area contributed by atoms with E-state index in [1.807, 2.05) is 26.0 Å². The summed E-state index contributed by atoms with van der Waals surface area (Å²) in [5.41, 5.74) is 1.65. The number of rotatable bonds is 1. The van der Waals surface area contributed by atoms with Crippen LogP contribution < -0.4 is 10.0 Å². The third-order valence-corrected chi connectivity index (χ3v) is 2.86. The Balaban J connectivity index is 2.26. The van der Waals surface area contributed by atoms with Gasteiger partial charge in [-0.15, -0.1) is 0 Å². The van der Waals surface area contributed by atoms with E-state index in [9.17, 15) is 0 Å². The molecule has 2 rings (SSSR count). The zero-order valence-electron chi connectivity index (χ0n) is 9.11. The summed E-state index contributed by atoms with van der Waals surface area (Å²) in [6, 6.07) is 7.92. The average molecular weight is 232 g/mol. The Hall–Kier alpha value is -1.67. The van der Waals surface area contributed by atoms with E-state index in [2.05, 4.69) is 21.1 Å². The molecule has 16 heavy (non-hydrogen) atoms. The molecule has 1 heterocycles. The highest BCUT2D eigenvalue weighted by Gasteiger charge is 2.14. The van der Waals surface area contributed by atoms with E-state index in [0.717, 1.165) is 16.5 Å². The van der Waals surface area contributed by atoms with Gasteiger partial charge >= 0.3 is 0 Å². The van der Waals surface area contributed by atoms with E-state index in [1.165, 1.54) is 11.9 Å². The SMILES string of the molecule is CC(C)N=C1NSc2cc(C#N)ccc2N1. The maximum absolute atomic E-state index is 8.79. The molecule has 0 fully saturated rings. The zero-order chi connectivity index (χ0) is 11.5. The molecule has 0 saturated carbocycles. The number of anilines is 1. The number of aliphatic imine (C=N–C) groups is 1. The Morgan fingerprint density at radius 1 is 1.44 bits per heavy atom. The van der Waals surface area contributed by atoms with Crippen LogP contribution in [0.2, 0.25) is 0 Å². The summed E-state index contributed by atoms with van der Waals surface area (Å²) in [5.74, 6) is 0.761. The van der Waals surface area contributed by atoms with Crippen LogP contribution in [0.4, 0.5) is 5.69 Å². The van der Waals surface area contributed by atoms with Crippen LogP contribution in [0.3, 0.4) is 0 Å². The van der Waals surface area contributed by atoms with E-state index >= 15 is 0 Å². The smallest absolute Gasteiger partial charge is 0.206 e. The van der Waals surface area contributed by atoms with Gasteiger partial charge in [-0.25, -0.2) is 4.99 Å². The lowest BCUT2D eigenvalue weighted by atomic mass is 10.2. The number of guanidine groups is 1. The van der Waals surface area contributed by atoms with Gasteiger partial charge in [-0.2, -0.15) is 5.26 Å². The minimum atomic E-state index is 0.246. The van der Waals surface area contributed by atoms with Crippen LogP contribution in [0.1, 0.15) is 19.4 Å². The molecule has 0 radical (unpaired) electrons. The van der Waals surface area contributed by atoms with Crippen molar-refractivity contribution < 1.29 is 0 Å². The first-order chi connectivity index (χ1) is 7.69. The van der Waals surface area contributed by atoms with Crippen LogP contribution in [0.5, 0.6) is 0 Å². The lowest BCUT2D eigenvalue weighted by Crippen LogP contribution is -2.30. The highest BCUT2D eigenvalue weighted by molar-refractivity contribution is 7.98. The number of hydrogen-bond donors (Lipinski definition) is 2. The van der Waals surface area contributed by atoms with Crippen molar-refractivity contribution in [3.05, 3.63) is 23.8 Å². The molecule has 0 saturated heterocycles. The van der Waals surface area contributed by atoms with Crippen LogP contribution in [0.25, 0.3) is 0 Å². The predicted molar refractivity (Wildman–Crippen MR) is 66.3 cm³/mol. The molecule has 0 bridgehead atoms. The van der Waals surface area contributed by atoms with Gasteiger partial charge in [-0.3, -0.25) is 4.72 Å². The molecule has 0 amide bonds. The fraction of sp³-hybridized carbons (Fsp3) is 0.273. The zero-order valence-corrected chi connectivity index (χ0v) is 9.93. The van der Waals surface area contributed by atoms with Crippen molar-refractivity contribution >= 4 is 23.6 Å². The van der Waals surface area contributed by atoms with Crippen molar-refractivity contribution in [2.24, 2.45) is 4.99 Å². The summed E-state index contributed by atoms with van der Waals surface area (Å²) in [6.07, 6.45) is 0. The second-order valence-electron chi connectivity index (χ2n) is 3.72. The summed E-state index contributed by atoms with van der Waals surface area (Å²) in [6.45, 7) is 4.05. The van der Waals surface area contributed by atoms with E-state index in [-0.39, 0.29) is 6.04 Å². The van der Waals surface area contributed by atoms with Gasteiger partial charge in [0.15, 0.2) is 0 Å². The Morgan fingerprint density at radius 2 is 2.25 bits per heavy atom. The van der Waals surface area contributed by atoms with Crippen LogP contribution in [-0.2, 0) is 0 Å². The molecule has 0 aromatic heterocycles. The van der Waals surface area contributed by atoms with Gasteiger partial charge in [0.25, 0.3) is 0 Å². The number of nitrogens with zero attached hydrogens (tertiary/aromatic N) is 2. The first-order valence-electron chi connectivity index (χ1n) is 5.01. The quantitative estimate of drug-likeness (QED) is 0.730. The third-order valence-electron chi connectivity index (χ3n) is 2.01. The number of hydrogen-bond acceptors (Lipinski definition) is 3. The molecular weight excluding hydrogens is 220 g/mol. The van der Waals surface area contributed by atoms with Crippen molar-refractivity contribution in [3.63, 3.8) is 0 Å². The maximum Gasteiger partial charge on any atom is 0.206 e. The van der Waals surface area contributed by atoms with Crippen LogP contribution in [0, 0.1) is 11.3 Å². The van der Waals surface area contributed by atoms with Gasteiger partial charge in [-0.1, -0.05) is 0 Å². The molecule has 0 aliphatic carbocycles. The molecule has 1 aromatic carbocycles. The normalized spacial score (nSPS) is 16.2. The molecule has 2 N–H and O–H groups in total. The Morgan fingerprint density at radius 3 is 2.94 bits per heavy atom. The molecule has 0 atom stereocenters. The van der Waals surface area contributed by atoms with Gasteiger partial charge in [0.2, 0.25) is 5.96 Å². The predicted octanol–water partition coefficient (Wildman–Crippen LogP) is 2.34. The van der Waals surface area contributed by atoms with E-state index in [4.69, 9.17) is 5.26 Å². The fourth-order valence-corrected chi connectivity index (χ4v) is 2.08. The number of nitriles is 1. The molecule has 0 unspecified atom stereocenters. The van der Waals surface area contributed by atoms with Gasteiger partial charge in [0.1, 0.15) is 0 Å². The van der Waals surface area contributed by atoms with Gasteiger partial charge in [-0.05, 0) is 44.0 Å². The molecule has 1 aliphatic rings. The van der Waals surface area contributed by atoms with Crippen molar-refractivity contribution in [2.45, 2.75) is 24.8 Å². The maximum atomic E-state index is 8.79. The Labute approximate surface area is 98.9 Å². The molecule has 1 aliphatic heterocycles. The minimum Gasteiger partial charge on any atom is -0.325 e. The molecule has 4 nitrogen and oxygen atoms in total. The van der Waals surface area contributed by atoms with E-state index < -0.39 is 0 Å². The molecular formula is C11H12N4S. The van der Waals surface area contributed by atoms with E-state index in [0.29, 0.717) is 5.56 Å². The second kappa shape index (κ2) is 4.45. The minimum absolute atomic E-state index is 0.246. The van der Waals surface area contributed by atoms with Gasteiger partial charge < -0.3 is 5.32 Å². The third kappa shape index (κ3) is 2.28. The van der Waals surface area contributed by atoms with Crippen LogP contribution in [-0.4, -0.2) is 12.0 Å². The van der Waals surface area contributed by atoms with Crippen molar-refractivity contribution in [1.29, 1.82) is 5.26 Å². The van der Waals surface area contributed by atoms with E-state index in [1.54, 1.807) is 6.07 Å². The van der Waals surface area contributed by atoms with Gasteiger partial charge in [0.05, 0.1) is 22.2 Å². The summed E-state index contributed by atoms with van der Waals surface area (Å²) >= 11 is 1.47. The summed E-state index contributed by atoms with van der Waals surface area (Å²) in [5, 5.41) is 12.0. The summed E-state index contributed by atoms with van der Waals surface area (Å²) < 4.78 is 3.10. The molecule has 1 aromatic rings. The van der Waals surface area contributed by atoms with Gasteiger partial charge in [0, 0.05) is 6.04 Å². The summed E-state index contributed by atoms with van der Waals surface area (Å²) in [4.78, 5) is 5.40. The first kappa shape index (κ1) is 10.8. The largest absolute Gasteiger partial charge is 0.325 e. The number of benzene rings is 1. The monoisotopic (exact) mass is 232 g/mol. The first-order valence-corrected chi connectivity index (χ1v) is 5.82. The van der Waals surface area contributed by atoms with Crippen molar-refractivity contribution in [1.82, 2.24) is 4.72 Å². The standard InChI is InChI=1S/C11H12N4S/c1-7(2)13-11-14-9-4-3-8(6-12)5-10(9)16-15-11/h3-5,7H,1-2H3,(H2,13,14,15). The van der Waals surface area contributed by atoms with Crippen LogP contribution in [0.15, 0.2) is 28.1 Å². The van der Waals surface area contributed by atoms with Crippen molar-refractivity contribution in [2.75, 3.05) is 5.32 Å². The van der Waals surface area contributed by atoms with Crippen molar-refractivity contribution in [3.8, 4) is 6.07 Å². The molecule has 5 heteroatoms. The summed E-state index contributed by atoms with van der Waals surface area (Å²) in [7, 11) is 0. The Bertz CT molecular complexity index is 473. The lowest BCUT2D eigenvalue weighted by Gasteiger charge is -2.20. The average Bonchev–Trinajstić information content (AvgIpc) is 2.27. The number of nitrogens with one attached hydrogen (secondary N) is 2. The second-order valence-corrected chi connectivity index (χ2v) is 4.57. The topological polar surface area (TPSA) is 60.2 Å². The number of fused-ring (bicyclic) bond motifs is 1. The van der Waals surface area contributed by atoms with Crippen LogP contribution >= 0.6 is 11.9 Å².